The molecule has 3 rings (SSSR count). The summed E-state index contributed by atoms with van der Waals surface area (Å²) in [7, 11) is 0. The van der Waals surface area contributed by atoms with Crippen LogP contribution in [0, 0.1) is 5.92 Å². The van der Waals surface area contributed by atoms with Gasteiger partial charge in [0, 0.05) is 12.5 Å². The maximum absolute atomic E-state index is 9.49. The van der Waals surface area contributed by atoms with Crippen LogP contribution in [-0.4, -0.2) is 27.9 Å². The lowest BCUT2D eigenvalue weighted by molar-refractivity contribution is 0.191. The van der Waals surface area contributed by atoms with Crippen LogP contribution in [0.25, 0.3) is 0 Å². The van der Waals surface area contributed by atoms with Gasteiger partial charge in [-0.3, -0.25) is 0 Å². The van der Waals surface area contributed by atoms with Crippen LogP contribution in [0.3, 0.4) is 0 Å². The third kappa shape index (κ3) is 2.42. The number of nitrogens with zero attached hydrogens (tertiary/aromatic N) is 2. The molecule has 0 aromatic carbocycles. The molecule has 1 saturated carbocycles. The summed E-state index contributed by atoms with van der Waals surface area (Å²) in [6.07, 6.45) is 5.23. The molecular weight excluding hydrogens is 230 g/mol. The van der Waals surface area contributed by atoms with E-state index in [9.17, 15) is 5.11 Å². The lowest BCUT2D eigenvalue weighted by Crippen LogP contribution is -2.15. The van der Waals surface area contributed by atoms with E-state index in [1.165, 1.54) is 25.7 Å². The first-order chi connectivity index (χ1) is 8.72. The van der Waals surface area contributed by atoms with Gasteiger partial charge in [0.1, 0.15) is 0 Å². The Balaban J connectivity index is 1.66. The quantitative estimate of drug-likeness (QED) is 0.838. The molecule has 1 aromatic rings. The van der Waals surface area contributed by atoms with E-state index in [1.807, 2.05) is 0 Å². The van der Waals surface area contributed by atoms with Crippen molar-refractivity contribution in [3.63, 3.8) is 0 Å². The molecule has 2 heterocycles. The Morgan fingerprint density at radius 1 is 1.28 bits per heavy atom. The third-order valence-corrected chi connectivity index (χ3v) is 4.24. The van der Waals surface area contributed by atoms with Gasteiger partial charge in [0.15, 0.2) is 5.82 Å². The summed E-state index contributed by atoms with van der Waals surface area (Å²) >= 11 is 0. The minimum absolute atomic E-state index is 0.0313. The maximum atomic E-state index is 9.49. The Hall–Kier alpha value is -0.940. The molecule has 0 unspecified atom stereocenters. The molecule has 2 atom stereocenters. The van der Waals surface area contributed by atoms with E-state index in [4.69, 9.17) is 4.52 Å². The normalized spacial score (nSPS) is 37.0. The predicted molar refractivity (Wildman–Crippen MR) is 66.0 cm³/mol. The van der Waals surface area contributed by atoms with Crippen molar-refractivity contribution in [1.29, 1.82) is 0 Å². The molecule has 5 heteroatoms. The predicted octanol–water partition coefficient (Wildman–Crippen LogP) is 1.76. The number of β-amino-alcohol motifs (C(OH)–C–C–N with tert-alkyl or cyclic N) is 1. The number of aliphatic hydroxyl groups excluding tert-OH is 1. The summed E-state index contributed by atoms with van der Waals surface area (Å²) in [5.41, 5.74) is 0. The van der Waals surface area contributed by atoms with Gasteiger partial charge in [-0.2, -0.15) is 4.98 Å². The van der Waals surface area contributed by atoms with Gasteiger partial charge in [-0.25, -0.2) is 0 Å². The number of nitrogens with one attached hydrogen (secondary N) is 1. The standard InChI is InChI=1S/C13H21N3O2/c1-8-2-4-9(5-3-8)12-15-13(18-16-12)11-6-10(17)7-14-11/h8-11,14,17H,2-7H2,1H3/t8?,9?,10-,11+/m1/s1. The Morgan fingerprint density at radius 2 is 2.06 bits per heavy atom. The smallest absolute Gasteiger partial charge is 0.243 e. The fourth-order valence-corrected chi connectivity index (χ4v) is 2.98. The van der Waals surface area contributed by atoms with E-state index >= 15 is 0 Å². The largest absolute Gasteiger partial charge is 0.392 e. The van der Waals surface area contributed by atoms with E-state index in [0.717, 1.165) is 11.7 Å². The van der Waals surface area contributed by atoms with Crippen LogP contribution in [0.1, 0.15) is 62.7 Å². The van der Waals surface area contributed by atoms with Gasteiger partial charge in [0.2, 0.25) is 5.89 Å². The molecule has 2 N–H and O–H groups in total. The highest BCUT2D eigenvalue weighted by molar-refractivity contribution is 5.02. The average molecular weight is 251 g/mol. The van der Waals surface area contributed by atoms with E-state index in [1.54, 1.807) is 0 Å². The van der Waals surface area contributed by atoms with Crippen LogP contribution >= 0.6 is 0 Å². The molecule has 1 saturated heterocycles. The number of hydrogen-bond donors (Lipinski definition) is 2. The van der Waals surface area contributed by atoms with Crippen molar-refractivity contribution in [2.45, 2.75) is 57.1 Å². The summed E-state index contributed by atoms with van der Waals surface area (Å²) in [5, 5.41) is 16.8. The van der Waals surface area contributed by atoms with Gasteiger partial charge >= 0.3 is 0 Å². The van der Waals surface area contributed by atoms with Crippen LogP contribution < -0.4 is 5.32 Å². The Bertz CT molecular complexity index is 399. The van der Waals surface area contributed by atoms with E-state index < -0.39 is 0 Å². The number of hydrogen-bond acceptors (Lipinski definition) is 5. The molecule has 2 aliphatic rings. The molecule has 100 valence electrons. The summed E-state index contributed by atoms with van der Waals surface area (Å²) in [4.78, 5) is 4.52. The molecular formula is C13H21N3O2. The van der Waals surface area contributed by atoms with Gasteiger partial charge in [-0.1, -0.05) is 24.9 Å². The highest BCUT2D eigenvalue weighted by Gasteiger charge is 2.30. The van der Waals surface area contributed by atoms with Crippen molar-refractivity contribution in [1.82, 2.24) is 15.5 Å². The maximum Gasteiger partial charge on any atom is 0.243 e. The molecule has 1 aromatic heterocycles. The highest BCUT2D eigenvalue weighted by atomic mass is 16.5. The molecule has 1 aliphatic carbocycles. The Kier molecular flexibility index (Phi) is 3.35. The number of rotatable bonds is 2. The zero-order valence-electron chi connectivity index (χ0n) is 10.8. The highest BCUT2D eigenvalue weighted by Crippen LogP contribution is 2.34. The van der Waals surface area contributed by atoms with Crippen LogP contribution in [0.4, 0.5) is 0 Å². The van der Waals surface area contributed by atoms with Gasteiger partial charge < -0.3 is 14.9 Å². The second-order valence-corrected chi connectivity index (χ2v) is 5.80. The summed E-state index contributed by atoms with van der Waals surface area (Å²) in [5.74, 6) is 2.80. The second-order valence-electron chi connectivity index (χ2n) is 5.80. The molecule has 18 heavy (non-hydrogen) atoms. The SMILES string of the molecule is CC1CCC(c2noc([C@@H]3C[C@@H](O)CN3)n2)CC1. The first-order valence-corrected chi connectivity index (χ1v) is 6.97. The Morgan fingerprint density at radius 3 is 2.72 bits per heavy atom. The second kappa shape index (κ2) is 4.97. The van der Waals surface area contributed by atoms with Crippen LogP contribution in [0.2, 0.25) is 0 Å². The van der Waals surface area contributed by atoms with Crippen molar-refractivity contribution >= 4 is 0 Å². The topological polar surface area (TPSA) is 71.2 Å². The first-order valence-electron chi connectivity index (χ1n) is 6.97. The van der Waals surface area contributed by atoms with Gasteiger partial charge in [0.25, 0.3) is 0 Å². The minimum atomic E-state index is -0.291. The number of aromatic nitrogens is 2. The van der Waals surface area contributed by atoms with E-state index in [2.05, 4.69) is 22.4 Å². The lowest BCUT2D eigenvalue weighted by atomic mass is 9.83. The van der Waals surface area contributed by atoms with Gasteiger partial charge in [-0.15, -0.1) is 0 Å². The molecule has 0 bridgehead atoms. The minimum Gasteiger partial charge on any atom is -0.392 e. The fourth-order valence-electron chi connectivity index (χ4n) is 2.98. The summed E-state index contributed by atoms with van der Waals surface area (Å²) < 4.78 is 5.34. The lowest BCUT2D eigenvalue weighted by Gasteiger charge is -2.23. The third-order valence-electron chi connectivity index (χ3n) is 4.24. The van der Waals surface area contributed by atoms with E-state index in [0.29, 0.717) is 24.8 Å². The summed E-state index contributed by atoms with van der Waals surface area (Å²) in [6.45, 7) is 2.92. The van der Waals surface area contributed by atoms with Crippen molar-refractivity contribution in [3.8, 4) is 0 Å². The average Bonchev–Trinajstić information content (AvgIpc) is 2.98. The monoisotopic (exact) mass is 251 g/mol. The molecule has 2 fully saturated rings. The van der Waals surface area contributed by atoms with Crippen molar-refractivity contribution in [2.24, 2.45) is 5.92 Å². The zero-order chi connectivity index (χ0) is 12.5. The fraction of sp³-hybridized carbons (Fsp3) is 0.846. The van der Waals surface area contributed by atoms with Crippen molar-refractivity contribution in [3.05, 3.63) is 11.7 Å². The number of aliphatic hydroxyl groups is 1. The van der Waals surface area contributed by atoms with Gasteiger partial charge in [-0.05, 0) is 25.2 Å². The van der Waals surface area contributed by atoms with Crippen LogP contribution in [-0.2, 0) is 0 Å². The zero-order valence-corrected chi connectivity index (χ0v) is 10.8. The summed E-state index contributed by atoms with van der Waals surface area (Å²) in [6, 6.07) is 0.0313. The molecule has 5 nitrogen and oxygen atoms in total. The Labute approximate surface area is 107 Å². The van der Waals surface area contributed by atoms with Crippen molar-refractivity contribution < 1.29 is 9.63 Å². The van der Waals surface area contributed by atoms with Crippen LogP contribution in [0.15, 0.2) is 4.52 Å². The van der Waals surface area contributed by atoms with Crippen molar-refractivity contribution in [2.75, 3.05) is 6.54 Å². The molecule has 1 aliphatic heterocycles. The first kappa shape index (κ1) is 12.1. The van der Waals surface area contributed by atoms with E-state index in [-0.39, 0.29) is 12.1 Å². The molecule has 0 spiro atoms. The molecule has 0 radical (unpaired) electrons. The van der Waals surface area contributed by atoms with Crippen LogP contribution in [0.5, 0.6) is 0 Å². The van der Waals surface area contributed by atoms with Gasteiger partial charge in [0.05, 0.1) is 12.1 Å². The molecule has 0 amide bonds.